The summed E-state index contributed by atoms with van der Waals surface area (Å²) in [5.74, 6) is 1.86. The Morgan fingerprint density at radius 2 is 2.15 bits per heavy atom. The second kappa shape index (κ2) is 3.29. The number of fused-ring (bicyclic) bond motifs is 1. The van der Waals surface area contributed by atoms with Crippen molar-refractivity contribution in [1.29, 1.82) is 0 Å². The highest BCUT2D eigenvalue weighted by Gasteiger charge is 2.18. The van der Waals surface area contributed by atoms with Crippen LogP contribution in [0.5, 0.6) is 11.5 Å². The van der Waals surface area contributed by atoms with E-state index in [2.05, 4.69) is 19.9 Å². The largest absolute Gasteiger partial charge is 0.454 e. The Morgan fingerprint density at radius 1 is 1.31 bits per heavy atom. The van der Waals surface area contributed by atoms with Crippen molar-refractivity contribution in [1.82, 2.24) is 0 Å². The van der Waals surface area contributed by atoms with Crippen molar-refractivity contribution in [3.05, 3.63) is 23.3 Å². The SMILES string of the molecule is CCCc1c(C)ccc2c1OCO2. The highest BCUT2D eigenvalue weighted by Crippen LogP contribution is 2.37. The van der Waals surface area contributed by atoms with Gasteiger partial charge in [0.25, 0.3) is 0 Å². The highest BCUT2D eigenvalue weighted by atomic mass is 16.7. The van der Waals surface area contributed by atoms with E-state index >= 15 is 0 Å². The Kier molecular flexibility index (Phi) is 2.13. The maximum Gasteiger partial charge on any atom is 0.231 e. The quantitative estimate of drug-likeness (QED) is 0.693. The molecule has 13 heavy (non-hydrogen) atoms. The van der Waals surface area contributed by atoms with Gasteiger partial charge in [0, 0.05) is 5.56 Å². The van der Waals surface area contributed by atoms with E-state index in [1.165, 1.54) is 11.1 Å². The van der Waals surface area contributed by atoms with Crippen LogP contribution in [0.3, 0.4) is 0 Å². The number of rotatable bonds is 2. The minimum absolute atomic E-state index is 0.371. The Morgan fingerprint density at radius 3 is 2.92 bits per heavy atom. The van der Waals surface area contributed by atoms with E-state index < -0.39 is 0 Å². The van der Waals surface area contributed by atoms with Crippen LogP contribution in [0.1, 0.15) is 24.5 Å². The number of benzene rings is 1. The van der Waals surface area contributed by atoms with E-state index in [4.69, 9.17) is 9.47 Å². The van der Waals surface area contributed by atoms with Gasteiger partial charge in [-0.05, 0) is 25.0 Å². The van der Waals surface area contributed by atoms with Crippen molar-refractivity contribution in [2.45, 2.75) is 26.7 Å². The van der Waals surface area contributed by atoms with Crippen LogP contribution in [0.15, 0.2) is 12.1 Å². The van der Waals surface area contributed by atoms with Crippen molar-refractivity contribution in [3.63, 3.8) is 0 Å². The summed E-state index contributed by atoms with van der Waals surface area (Å²) >= 11 is 0. The standard InChI is InChI=1S/C11H14O2/c1-3-4-9-8(2)5-6-10-11(9)13-7-12-10/h5-6H,3-4,7H2,1-2H3. The van der Waals surface area contributed by atoms with E-state index in [0.29, 0.717) is 6.79 Å². The molecular formula is C11H14O2. The fourth-order valence-corrected chi connectivity index (χ4v) is 1.69. The fourth-order valence-electron chi connectivity index (χ4n) is 1.69. The Bertz CT molecular complexity index is 318. The van der Waals surface area contributed by atoms with Gasteiger partial charge in [0.2, 0.25) is 6.79 Å². The summed E-state index contributed by atoms with van der Waals surface area (Å²) in [7, 11) is 0. The van der Waals surface area contributed by atoms with Crippen molar-refractivity contribution >= 4 is 0 Å². The average molecular weight is 178 g/mol. The van der Waals surface area contributed by atoms with Gasteiger partial charge in [-0.25, -0.2) is 0 Å². The van der Waals surface area contributed by atoms with Gasteiger partial charge < -0.3 is 9.47 Å². The van der Waals surface area contributed by atoms with Gasteiger partial charge in [-0.15, -0.1) is 0 Å². The molecule has 1 heterocycles. The molecule has 0 saturated heterocycles. The molecule has 0 radical (unpaired) electrons. The zero-order valence-electron chi connectivity index (χ0n) is 8.09. The second-order valence-electron chi connectivity index (χ2n) is 3.34. The molecule has 0 aromatic heterocycles. The van der Waals surface area contributed by atoms with E-state index in [-0.39, 0.29) is 0 Å². The molecule has 70 valence electrons. The zero-order valence-corrected chi connectivity index (χ0v) is 8.09. The van der Waals surface area contributed by atoms with E-state index in [1.54, 1.807) is 0 Å². The molecule has 0 unspecified atom stereocenters. The van der Waals surface area contributed by atoms with Crippen LogP contribution in [0.2, 0.25) is 0 Å². The predicted molar refractivity (Wildman–Crippen MR) is 51.3 cm³/mol. The summed E-state index contributed by atoms with van der Waals surface area (Å²) in [6, 6.07) is 4.08. The van der Waals surface area contributed by atoms with Gasteiger partial charge >= 0.3 is 0 Å². The van der Waals surface area contributed by atoms with Crippen molar-refractivity contribution in [3.8, 4) is 11.5 Å². The van der Waals surface area contributed by atoms with Gasteiger partial charge in [-0.2, -0.15) is 0 Å². The van der Waals surface area contributed by atoms with Gasteiger partial charge in [-0.3, -0.25) is 0 Å². The molecule has 1 aromatic rings. The average Bonchev–Trinajstić information content (AvgIpc) is 2.58. The molecule has 0 bridgehead atoms. The molecule has 2 heteroatoms. The van der Waals surface area contributed by atoms with Crippen LogP contribution < -0.4 is 9.47 Å². The molecule has 0 spiro atoms. The maximum absolute atomic E-state index is 5.44. The van der Waals surface area contributed by atoms with Crippen LogP contribution in [0, 0.1) is 6.92 Å². The summed E-state index contributed by atoms with van der Waals surface area (Å²) in [5, 5.41) is 0. The van der Waals surface area contributed by atoms with Gasteiger partial charge in [-0.1, -0.05) is 19.4 Å². The maximum atomic E-state index is 5.44. The lowest BCUT2D eigenvalue weighted by Crippen LogP contribution is -1.95. The lowest BCUT2D eigenvalue weighted by Gasteiger charge is -2.07. The van der Waals surface area contributed by atoms with Crippen molar-refractivity contribution < 1.29 is 9.47 Å². The molecule has 0 amide bonds. The smallest absolute Gasteiger partial charge is 0.231 e. The number of aryl methyl sites for hydroxylation is 1. The molecule has 0 saturated carbocycles. The fraction of sp³-hybridized carbons (Fsp3) is 0.455. The lowest BCUT2D eigenvalue weighted by atomic mass is 10.0. The van der Waals surface area contributed by atoms with E-state index in [1.807, 2.05) is 6.07 Å². The third kappa shape index (κ3) is 1.37. The molecule has 2 nitrogen and oxygen atoms in total. The van der Waals surface area contributed by atoms with Crippen molar-refractivity contribution in [2.75, 3.05) is 6.79 Å². The first-order chi connectivity index (χ1) is 6.33. The van der Waals surface area contributed by atoms with Gasteiger partial charge in [0.05, 0.1) is 0 Å². The molecule has 1 aliphatic heterocycles. The number of ether oxygens (including phenoxy) is 2. The van der Waals surface area contributed by atoms with Crippen LogP contribution in [-0.4, -0.2) is 6.79 Å². The molecule has 0 N–H and O–H groups in total. The molecule has 0 atom stereocenters. The lowest BCUT2D eigenvalue weighted by molar-refractivity contribution is 0.173. The molecule has 1 aliphatic rings. The highest BCUT2D eigenvalue weighted by molar-refractivity contribution is 5.51. The summed E-state index contributed by atoms with van der Waals surface area (Å²) in [5.41, 5.74) is 2.60. The number of hydrogen-bond donors (Lipinski definition) is 0. The van der Waals surface area contributed by atoms with Crippen LogP contribution in [0.4, 0.5) is 0 Å². The first kappa shape index (κ1) is 8.42. The Balaban J connectivity index is 2.45. The summed E-state index contributed by atoms with van der Waals surface area (Å²) in [6.45, 7) is 4.66. The third-order valence-electron chi connectivity index (χ3n) is 2.38. The van der Waals surface area contributed by atoms with Crippen LogP contribution >= 0.6 is 0 Å². The zero-order chi connectivity index (χ0) is 9.26. The molecule has 2 rings (SSSR count). The topological polar surface area (TPSA) is 18.5 Å². The van der Waals surface area contributed by atoms with Gasteiger partial charge in [0.15, 0.2) is 11.5 Å². The van der Waals surface area contributed by atoms with Gasteiger partial charge in [0.1, 0.15) is 0 Å². The Hall–Kier alpha value is -1.18. The first-order valence-corrected chi connectivity index (χ1v) is 4.71. The summed E-state index contributed by atoms with van der Waals surface area (Å²) < 4.78 is 10.8. The normalized spacial score (nSPS) is 13.4. The third-order valence-corrected chi connectivity index (χ3v) is 2.38. The number of hydrogen-bond acceptors (Lipinski definition) is 2. The van der Waals surface area contributed by atoms with E-state index in [0.717, 1.165) is 24.3 Å². The second-order valence-corrected chi connectivity index (χ2v) is 3.34. The summed E-state index contributed by atoms with van der Waals surface area (Å²) in [6.07, 6.45) is 2.21. The Labute approximate surface area is 78.5 Å². The van der Waals surface area contributed by atoms with Crippen LogP contribution in [0.25, 0.3) is 0 Å². The molecular weight excluding hydrogens is 164 g/mol. The molecule has 0 fully saturated rings. The monoisotopic (exact) mass is 178 g/mol. The van der Waals surface area contributed by atoms with E-state index in [9.17, 15) is 0 Å². The predicted octanol–water partition coefficient (Wildman–Crippen LogP) is 2.68. The molecule has 0 aliphatic carbocycles. The molecule has 1 aromatic carbocycles. The summed E-state index contributed by atoms with van der Waals surface area (Å²) in [4.78, 5) is 0. The minimum atomic E-state index is 0.371. The minimum Gasteiger partial charge on any atom is -0.454 e. The first-order valence-electron chi connectivity index (χ1n) is 4.71. The van der Waals surface area contributed by atoms with Crippen LogP contribution in [-0.2, 0) is 6.42 Å². The van der Waals surface area contributed by atoms with Crippen molar-refractivity contribution in [2.24, 2.45) is 0 Å².